The highest BCUT2D eigenvalue weighted by atomic mass is 16.5. The largest absolute Gasteiger partial charge is 0.508 e. The molecule has 40 heavy (non-hydrogen) atoms. The van der Waals surface area contributed by atoms with Crippen LogP contribution < -0.4 is 10.2 Å². The highest BCUT2D eigenvalue weighted by Gasteiger charge is 2.42. The molecule has 0 saturated carbocycles. The molecule has 10 nitrogen and oxygen atoms in total. The summed E-state index contributed by atoms with van der Waals surface area (Å²) < 4.78 is 12.1. The molecular formula is C30H20O10. The number of aliphatic hydroxyl groups is 1. The van der Waals surface area contributed by atoms with Crippen molar-refractivity contribution in [3.63, 3.8) is 0 Å². The lowest BCUT2D eigenvalue weighted by Gasteiger charge is -2.32. The Balaban J connectivity index is 1.70. The van der Waals surface area contributed by atoms with Gasteiger partial charge in [0, 0.05) is 11.6 Å². The summed E-state index contributed by atoms with van der Waals surface area (Å²) in [5, 5.41) is 62.3. The second-order valence-electron chi connectivity index (χ2n) is 9.27. The number of fused-ring (bicyclic) bond motifs is 2. The van der Waals surface area contributed by atoms with Crippen LogP contribution in [0.5, 0.6) is 34.5 Å². The molecule has 0 amide bonds. The number of rotatable bonds is 3. The molecule has 2 atom stereocenters. The molecule has 1 aliphatic heterocycles. The Morgan fingerprint density at radius 3 is 1.98 bits per heavy atom. The van der Waals surface area contributed by atoms with E-state index in [1.165, 1.54) is 66.7 Å². The molecule has 6 N–H and O–H groups in total. The average Bonchev–Trinajstić information content (AvgIpc) is 2.92. The number of carbonyl (C=O) groups is 1. The first-order valence-electron chi connectivity index (χ1n) is 12.0. The molecule has 2 heterocycles. The topological polar surface area (TPSA) is 178 Å². The first-order valence-corrected chi connectivity index (χ1v) is 12.0. The summed E-state index contributed by atoms with van der Waals surface area (Å²) in [6.07, 6.45) is -3.10. The van der Waals surface area contributed by atoms with E-state index in [1.807, 2.05) is 0 Å². The minimum Gasteiger partial charge on any atom is -0.508 e. The SMILES string of the molecule is O=C1c2c(O)cc(O)c(-c3c(-c4ccc(O)cc4)oc4cccc(O)c4c3=O)c2O[C@@H](c2ccc(O)cc2)[C@H]1O. The fourth-order valence-electron chi connectivity index (χ4n) is 4.89. The number of ketones is 1. The molecule has 1 aliphatic rings. The van der Waals surface area contributed by atoms with Crippen LogP contribution in [0.2, 0.25) is 0 Å². The van der Waals surface area contributed by atoms with E-state index < -0.39 is 52.0 Å². The zero-order chi connectivity index (χ0) is 28.3. The second-order valence-corrected chi connectivity index (χ2v) is 9.27. The van der Waals surface area contributed by atoms with Gasteiger partial charge in [-0.2, -0.15) is 0 Å². The third-order valence-corrected chi connectivity index (χ3v) is 6.79. The Labute approximate surface area is 224 Å². The first-order chi connectivity index (χ1) is 19.2. The number of phenolic OH excluding ortho intramolecular Hbond substituents is 5. The minimum absolute atomic E-state index is 0.0262. The molecule has 5 aromatic rings. The number of ether oxygens (including phenoxy) is 1. The van der Waals surface area contributed by atoms with Crippen molar-refractivity contribution in [1.82, 2.24) is 0 Å². The van der Waals surface area contributed by atoms with Crippen molar-refractivity contribution in [3.8, 4) is 56.9 Å². The molecule has 0 spiro atoms. The van der Waals surface area contributed by atoms with Crippen LogP contribution in [-0.2, 0) is 0 Å². The van der Waals surface area contributed by atoms with Crippen molar-refractivity contribution in [3.05, 3.63) is 94.1 Å². The van der Waals surface area contributed by atoms with Gasteiger partial charge in [-0.25, -0.2) is 0 Å². The maximum atomic E-state index is 14.0. The highest BCUT2D eigenvalue weighted by molar-refractivity contribution is 6.09. The van der Waals surface area contributed by atoms with Crippen LogP contribution in [0.4, 0.5) is 0 Å². The van der Waals surface area contributed by atoms with Crippen molar-refractivity contribution in [1.29, 1.82) is 0 Å². The van der Waals surface area contributed by atoms with Gasteiger partial charge in [0.1, 0.15) is 56.8 Å². The smallest absolute Gasteiger partial charge is 0.205 e. The quantitative estimate of drug-likeness (QED) is 0.193. The van der Waals surface area contributed by atoms with Gasteiger partial charge in [-0.1, -0.05) is 18.2 Å². The summed E-state index contributed by atoms with van der Waals surface area (Å²) in [6.45, 7) is 0. The zero-order valence-corrected chi connectivity index (χ0v) is 20.4. The third-order valence-electron chi connectivity index (χ3n) is 6.79. The van der Waals surface area contributed by atoms with Crippen molar-refractivity contribution in [2.45, 2.75) is 12.2 Å². The van der Waals surface area contributed by atoms with E-state index >= 15 is 0 Å². The van der Waals surface area contributed by atoms with Crippen LogP contribution in [0.3, 0.4) is 0 Å². The summed E-state index contributed by atoms with van der Waals surface area (Å²) >= 11 is 0. The van der Waals surface area contributed by atoms with Crippen LogP contribution in [-0.4, -0.2) is 42.5 Å². The van der Waals surface area contributed by atoms with E-state index in [9.17, 15) is 40.2 Å². The van der Waals surface area contributed by atoms with Gasteiger partial charge in [0.2, 0.25) is 11.2 Å². The molecule has 0 saturated heterocycles. The van der Waals surface area contributed by atoms with Crippen LogP contribution in [0.1, 0.15) is 22.0 Å². The van der Waals surface area contributed by atoms with Crippen LogP contribution in [0.15, 0.2) is 82.0 Å². The van der Waals surface area contributed by atoms with Gasteiger partial charge >= 0.3 is 0 Å². The van der Waals surface area contributed by atoms with Crippen molar-refractivity contribution < 1.29 is 44.6 Å². The number of phenols is 5. The Kier molecular flexibility index (Phi) is 5.63. The number of hydrogen-bond acceptors (Lipinski definition) is 10. The molecule has 4 aromatic carbocycles. The lowest BCUT2D eigenvalue weighted by molar-refractivity contribution is 0.0213. The molecule has 0 unspecified atom stereocenters. The maximum Gasteiger partial charge on any atom is 0.205 e. The number of carbonyl (C=O) groups excluding carboxylic acids is 1. The van der Waals surface area contributed by atoms with E-state index in [2.05, 4.69) is 0 Å². The van der Waals surface area contributed by atoms with E-state index in [4.69, 9.17) is 9.15 Å². The summed E-state index contributed by atoms with van der Waals surface area (Å²) in [5.41, 5.74) is -1.26. The number of aliphatic hydroxyl groups excluding tert-OH is 1. The molecule has 10 heteroatoms. The fraction of sp³-hybridized carbons (Fsp3) is 0.0667. The number of Topliss-reactive ketones (excluding diaryl/α,β-unsaturated/α-hetero) is 1. The first kappa shape index (κ1) is 24.8. The molecule has 0 radical (unpaired) electrons. The van der Waals surface area contributed by atoms with Gasteiger partial charge in [-0.15, -0.1) is 0 Å². The lowest BCUT2D eigenvalue weighted by atomic mass is 9.88. The van der Waals surface area contributed by atoms with Gasteiger partial charge in [0.05, 0.1) is 11.1 Å². The Morgan fingerprint density at radius 1 is 0.675 bits per heavy atom. The molecule has 0 bridgehead atoms. The Bertz CT molecular complexity index is 1870. The van der Waals surface area contributed by atoms with Crippen LogP contribution in [0.25, 0.3) is 33.4 Å². The van der Waals surface area contributed by atoms with Crippen molar-refractivity contribution >= 4 is 16.8 Å². The number of aromatic hydroxyl groups is 5. The van der Waals surface area contributed by atoms with Crippen molar-refractivity contribution in [2.24, 2.45) is 0 Å². The average molecular weight is 540 g/mol. The number of benzene rings is 4. The molecule has 0 fully saturated rings. The van der Waals surface area contributed by atoms with Gasteiger partial charge < -0.3 is 39.8 Å². The van der Waals surface area contributed by atoms with Gasteiger partial charge in [-0.3, -0.25) is 9.59 Å². The summed E-state index contributed by atoms with van der Waals surface area (Å²) in [7, 11) is 0. The van der Waals surface area contributed by atoms with E-state index in [0.717, 1.165) is 6.07 Å². The number of hydrogen-bond donors (Lipinski definition) is 6. The molecule has 200 valence electrons. The third kappa shape index (κ3) is 3.77. The van der Waals surface area contributed by atoms with E-state index in [-0.39, 0.29) is 39.4 Å². The molecule has 0 aliphatic carbocycles. The Morgan fingerprint density at radius 2 is 1.30 bits per heavy atom. The predicted octanol–water partition coefficient (Wildman–Crippen LogP) is 4.33. The van der Waals surface area contributed by atoms with E-state index in [1.54, 1.807) is 0 Å². The minimum atomic E-state index is -1.77. The summed E-state index contributed by atoms with van der Waals surface area (Å²) in [5.74, 6) is -3.28. The van der Waals surface area contributed by atoms with Crippen molar-refractivity contribution in [2.75, 3.05) is 0 Å². The molecule has 1 aromatic heterocycles. The fourth-order valence-corrected chi connectivity index (χ4v) is 4.89. The second kappa shape index (κ2) is 9.07. The normalized spacial score (nSPS) is 16.5. The summed E-state index contributed by atoms with van der Waals surface area (Å²) in [6, 6.07) is 16.2. The Hall–Kier alpha value is -5.48. The maximum absolute atomic E-state index is 14.0. The highest BCUT2D eigenvalue weighted by Crippen LogP contribution is 2.51. The summed E-state index contributed by atoms with van der Waals surface area (Å²) in [4.78, 5) is 27.3. The van der Waals surface area contributed by atoms with Crippen LogP contribution >= 0.6 is 0 Å². The zero-order valence-electron chi connectivity index (χ0n) is 20.4. The van der Waals surface area contributed by atoms with Gasteiger partial charge in [-0.05, 0) is 54.1 Å². The van der Waals surface area contributed by atoms with Gasteiger partial charge in [0.15, 0.2) is 12.2 Å². The standard InChI is InChI=1S/C30H20O10/c31-15-8-4-13(5-9-15)28-24(25(36)21-17(33)2-1-3-20(21)39-28)22-18(34)12-19(35)23-26(37)27(38)29(40-30(22)23)14-6-10-16(32)11-7-14/h1-12,27,29,31-35,38H/t27-,29-/m0/s1. The predicted molar refractivity (Wildman–Crippen MR) is 142 cm³/mol. The van der Waals surface area contributed by atoms with E-state index in [0.29, 0.717) is 11.1 Å². The van der Waals surface area contributed by atoms with Crippen LogP contribution in [0, 0.1) is 0 Å². The van der Waals surface area contributed by atoms with Gasteiger partial charge in [0.25, 0.3) is 0 Å². The monoisotopic (exact) mass is 540 g/mol. The lowest BCUT2D eigenvalue weighted by Crippen LogP contribution is -2.36. The molecule has 6 rings (SSSR count). The molecular weight excluding hydrogens is 520 g/mol.